The zero-order chi connectivity index (χ0) is 15.1. The van der Waals surface area contributed by atoms with E-state index in [1.165, 1.54) is 7.11 Å². The van der Waals surface area contributed by atoms with Gasteiger partial charge in [-0.05, 0) is 6.92 Å². The average Bonchev–Trinajstić information content (AvgIpc) is 3.10. The van der Waals surface area contributed by atoms with Gasteiger partial charge in [0.1, 0.15) is 11.7 Å². The van der Waals surface area contributed by atoms with Gasteiger partial charge in [0.05, 0.1) is 25.0 Å². The second kappa shape index (κ2) is 4.83. The highest BCUT2D eigenvalue weighted by molar-refractivity contribution is 5.90. The van der Waals surface area contributed by atoms with E-state index in [1.54, 1.807) is 13.8 Å². The Morgan fingerprint density at radius 2 is 2.30 bits per heavy atom. The van der Waals surface area contributed by atoms with Crippen molar-refractivity contribution in [3.63, 3.8) is 0 Å². The summed E-state index contributed by atoms with van der Waals surface area (Å²) in [7, 11) is 1.23. The van der Waals surface area contributed by atoms with Gasteiger partial charge in [-0.15, -0.1) is 0 Å². The van der Waals surface area contributed by atoms with Gasteiger partial charge < -0.3 is 29.8 Å². The molecule has 2 rings (SSSR count). The molecule has 2 aliphatic heterocycles. The monoisotopic (exact) mass is 285 g/mol. The lowest BCUT2D eigenvalue weighted by molar-refractivity contribution is -0.147. The molecule has 112 valence electrons. The Balaban J connectivity index is 2.30. The number of hydrogen-bond acceptors (Lipinski definition) is 7. The molecule has 20 heavy (non-hydrogen) atoms. The van der Waals surface area contributed by atoms with Crippen molar-refractivity contribution in [3.05, 3.63) is 11.8 Å². The lowest BCUT2D eigenvalue weighted by Crippen LogP contribution is -2.47. The van der Waals surface area contributed by atoms with Gasteiger partial charge in [0.2, 0.25) is 0 Å². The zero-order valence-electron chi connectivity index (χ0n) is 11.6. The van der Waals surface area contributed by atoms with E-state index in [4.69, 9.17) is 14.9 Å². The van der Waals surface area contributed by atoms with E-state index < -0.39 is 35.5 Å². The van der Waals surface area contributed by atoms with Crippen molar-refractivity contribution >= 4 is 12.2 Å². The van der Waals surface area contributed by atoms with E-state index >= 15 is 0 Å². The minimum atomic E-state index is -1.12. The first kappa shape index (κ1) is 15.0. The SMILES string of the molecule is COC(=O)C1=CO[C@@H](O)C[C@]1(C)[C@H](O)[C@@H]1O[C@]1(C)C=N. The van der Waals surface area contributed by atoms with E-state index in [0.29, 0.717) is 0 Å². The van der Waals surface area contributed by atoms with E-state index in [1.807, 2.05) is 0 Å². The molecule has 3 N–H and O–H groups in total. The van der Waals surface area contributed by atoms with E-state index in [9.17, 15) is 15.0 Å². The Kier molecular flexibility index (Phi) is 3.62. The molecule has 0 aliphatic carbocycles. The maximum Gasteiger partial charge on any atom is 0.337 e. The highest BCUT2D eigenvalue weighted by atomic mass is 16.6. The van der Waals surface area contributed by atoms with Gasteiger partial charge in [0.25, 0.3) is 0 Å². The molecular weight excluding hydrogens is 266 g/mol. The molecule has 5 atom stereocenters. The molecule has 2 aliphatic rings. The van der Waals surface area contributed by atoms with Gasteiger partial charge in [-0.25, -0.2) is 4.79 Å². The Hall–Kier alpha value is -1.44. The maximum absolute atomic E-state index is 11.8. The number of nitrogens with one attached hydrogen (secondary N) is 1. The Morgan fingerprint density at radius 1 is 1.65 bits per heavy atom. The van der Waals surface area contributed by atoms with Crippen LogP contribution in [0.15, 0.2) is 11.8 Å². The van der Waals surface area contributed by atoms with Crippen molar-refractivity contribution in [1.82, 2.24) is 0 Å². The lowest BCUT2D eigenvalue weighted by atomic mass is 9.71. The molecule has 0 aromatic heterocycles. The quantitative estimate of drug-likeness (QED) is 0.379. The van der Waals surface area contributed by atoms with Crippen LogP contribution in [0.2, 0.25) is 0 Å². The fourth-order valence-electron chi connectivity index (χ4n) is 2.54. The van der Waals surface area contributed by atoms with E-state index in [2.05, 4.69) is 4.74 Å². The van der Waals surface area contributed by atoms with Crippen LogP contribution >= 0.6 is 0 Å². The molecule has 0 amide bonds. The average molecular weight is 285 g/mol. The number of aliphatic hydroxyl groups is 2. The van der Waals surface area contributed by atoms with Gasteiger partial charge >= 0.3 is 5.97 Å². The van der Waals surface area contributed by atoms with Gasteiger partial charge in [-0.2, -0.15) is 0 Å². The van der Waals surface area contributed by atoms with Crippen LogP contribution in [0, 0.1) is 10.8 Å². The van der Waals surface area contributed by atoms with Crippen LogP contribution in [0.3, 0.4) is 0 Å². The van der Waals surface area contributed by atoms with Crippen molar-refractivity contribution in [2.45, 2.75) is 44.4 Å². The normalized spacial score (nSPS) is 41.1. The Morgan fingerprint density at radius 3 is 2.80 bits per heavy atom. The van der Waals surface area contributed by atoms with Gasteiger partial charge in [0, 0.05) is 18.1 Å². The highest BCUT2D eigenvalue weighted by Crippen LogP contribution is 2.48. The summed E-state index contributed by atoms with van der Waals surface area (Å²) < 4.78 is 15.0. The van der Waals surface area contributed by atoms with E-state index in [0.717, 1.165) is 12.5 Å². The fourth-order valence-corrected chi connectivity index (χ4v) is 2.54. The number of ether oxygens (including phenoxy) is 3. The predicted molar refractivity (Wildman–Crippen MR) is 68.0 cm³/mol. The molecular formula is C13H19NO6. The number of carbonyl (C=O) groups excluding carboxylic acids is 1. The van der Waals surface area contributed by atoms with Gasteiger partial charge in [-0.1, -0.05) is 6.92 Å². The first-order valence-electron chi connectivity index (χ1n) is 6.28. The smallest absolute Gasteiger partial charge is 0.337 e. The molecule has 7 heteroatoms. The molecule has 0 bridgehead atoms. The molecule has 0 radical (unpaired) electrons. The molecule has 0 spiro atoms. The van der Waals surface area contributed by atoms with Gasteiger partial charge in [-0.3, -0.25) is 0 Å². The van der Waals surface area contributed by atoms with Crippen LogP contribution in [0.25, 0.3) is 0 Å². The number of aliphatic hydroxyl groups excluding tert-OH is 2. The van der Waals surface area contributed by atoms with Crippen molar-refractivity contribution in [3.8, 4) is 0 Å². The van der Waals surface area contributed by atoms with Crippen LogP contribution in [0.1, 0.15) is 20.3 Å². The Bertz CT molecular complexity index is 464. The number of methoxy groups -OCH3 is 1. The minimum absolute atomic E-state index is 0.0308. The second-order valence-electron chi connectivity index (χ2n) is 5.55. The van der Waals surface area contributed by atoms with E-state index in [-0.39, 0.29) is 12.0 Å². The molecule has 0 aromatic carbocycles. The van der Waals surface area contributed by atoms with Crippen LogP contribution in [0.5, 0.6) is 0 Å². The van der Waals surface area contributed by atoms with Crippen molar-refractivity contribution in [2.24, 2.45) is 5.41 Å². The summed E-state index contributed by atoms with van der Waals surface area (Å²) in [5, 5.41) is 27.5. The molecule has 0 saturated carbocycles. The fraction of sp³-hybridized carbons (Fsp3) is 0.692. The topological polar surface area (TPSA) is 112 Å². The summed E-state index contributed by atoms with van der Waals surface area (Å²) in [6.45, 7) is 3.31. The maximum atomic E-state index is 11.8. The minimum Gasteiger partial charge on any atom is -0.472 e. The number of carbonyl (C=O) groups is 1. The Labute approximate surface area is 116 Å². The standard InChI is InChI=1S/C13H19NO6/c1-12(9(16)10-13(2,6-14)20-10)4-8(15)19-5-7(12)11(17)18-3/h5-6,8-10,14-16H,4H2,1-3H3/t8-,9-,10+,12+,13-/m1/s1. The summed E-state index contributed by atoms with van der Waals surface area (Å²) in [5.74, 6) is -0.629. The number of esters is 1. The van der Waals surface area contributed by atoms with Crippen molar-refractivity contribution in [1.29, 1.82) is 5.41 Å². The third kappa shape index (κ3) is 2.21. The molecule has 0 aromatic rings. The zero-order valence-corrected chi connectivity index (χ0v) is 11.6. The van der Waals surface area contributed by atoms with Crippen molar-refractivity contribution in [2.75, 3.05) is 7.11 Å². The first-order chi connectivity index (χ1) is 9.28. The third-order valence-electron chi connectivity index (χ3n) is 4.08. The van der Waals surface area contributed by atoms with Crippen LogP contribution < -0.4 is 0 Å². The molecule has 7 nitrogen and oxygen atoms in total. The van der Waals surface area contributed by atoms with Crippen LogP contribution in [-0.2, 0) is 19.0 Å². The number of rotatable bonds is 4. The van der Waals surface area contributed by atoms with Crippen molar-refractivity contribution < 1.29 is 29.2 Å². The summed E-state index contributed by atoms with van der Waals surface area (Å²) >= 11 is 0. The molecule has 1 fully saturated rings. The molecule has 1 saturated heterocycles. The van der Waals surface area contributed by atoms with Crippen LogP contribution in [0.4, 0.5) is 0 Å². The summed E-state index contributed by atoms with van der Waals surface area (Å²) in [6, 6.07) is 0. The second-order valence-corrected chi connectivity index (χ2v) is 5.55. The first-order valence-corrected chi connectivity index (χ1v) is 6.28. The summed E-state index contributed by atoms with van der Waals surface area (Å²) in [4.78, 5) is 11.8. The third-order valence-corrected chi connectivity index (χ3v) is 4.08. The highest BCUT2D eigenvalue weighted by Gasteiger charge is 2.61. The molecule has 2 heterocycles. The summed E-state index contributed by atoms with van der Waals surface area (Å²) in [6.07, 6.45) is -0.535. The lowest BCUT2D eigenvalue weighted by Gasteiger charge is -2.39. The largest absolute Gasteiger partial charge is 0.472 e. The van der Waals surface area contributed by atoms with Gasteiger partial charge in [0.15, 0.2) is 6.29 Å². The predicted octanol–water partition coefficient (Wildman–Crippen LogP) is -0.0437. The molecule has 0 unspecified atom stereocenters. The number of hydrogen-bond donors (Lipinski definition) is 3. The van der Waals surface area contributed by atoms with Crippen LogP contribution in [-0.4, -0.2) is 53.6 Å². The summed E-state index contributed by atoms with van der Waals surface area (Å²) in [5.41, 5.74) is -1.77. The number of epoxide rings is 1.